The maximum Gasteiger partial charge on any atom is 0.343 e. The molecule has 1 saturated heterocycles. The molecule has 37 heavy (non-hydrogen) atoms. The summed E-state index contributed by atoms with van der Waals surface area (Å²) < 4.78 is 17.1. The van der Waals surface area contributed by atoms with Crippen LogP contribution in [0.3, 0.4) is 0 Å². The highest BCUT2D eigenvalue weighted by molar-refractivity contribution is 5.86. The predicted molar refractivity (Wildman–Crippen MR) is 143 cm³/mol. The van der Waals surface area contributed by atoms with Crippen molar-refractivity contribution < 1.29 is 23.9 Å². The van der Waals surface area contributed by atoms with E-state index >= 15 is 0 Å². The molecule has 1 aliphatic rings. The molecule has 0 radical (unpaired) electrons. The summed E-state index contributed by atoms with van der Waals surface area (Å²) in [7, 11) is 0. The van der Waals surface area contributed by atoms with Crippen LogP contribution in [0.4, 0.5) is 5.69 Å². The molecule has 0 saturated carbocycles. The highest BCUT2D eigenvalue weighted by Gasteiger charge is 2.49. The van der Waals surface area contributed by atoms with Crippen LogP contribution in [0.15, 0.2) is 60.7 Å². The minimum Gasteiger partial charge on any atom is -0.493 e. The lowest BCUT2D eigenvalue weighted by atomic mass is 10.1. The van der Waals surface area contributed by atoms with E-state index in [1.807, 2.05) is 30.3 Å². The first-order chi connectivity index (χ1) is 18.1. The second-order valence-electron chi connectivity index (χ2n) is 9.56. The Labute approximate surface area is 217 Å². The van der Waals surface area contributed by atoms with E-state index in [1.54, 1.807) is 18.2 Å². The number of nitrogens with zero attached hydrogens (tertiary/aromatic N) is 1. The van der Waals surface area contributed by atoms with Gasteiger partial charge in [-0.05, 0) is 35.4 Å². The second-order valence-corrected chi connectivity index (χ2v) is 9.56. The van der Waals surface area contributed by atoms with E-state index in [2.05, 4.69) is 6.92 Å². The summed E-state index contributed by atoms with van der Waals surface area (Å²) in [4.78, 5) is 23.6. The lowest BCUT2D eigenvalue weighted by molar-refractivity contribution is -0.385. The molecule has 2 atom stereocenters. The van der Waals surface area contributed by atoms with E-state index in [1.165, 1.54) is 57.1 Å². The molecule has 1 heterocycles. The van der Waals surface area contributed by atoms with Gasteiger partial charge in [0.15, 0.2) is 6.10 Å². The number of esters is 1. The van der Waals surface area contributed by atoms with Gasteiger partial charge in [0.25, 0.3) is 5.69 Å². The van der Waals surface area contributed by atoms with Gasteiger partial charge in [0.2, 0.25) is 0 Å². The Bertz CT molecular complexity index is 1210. The number of hydrogen-bond donors (Lipinski definition) is 0. The minimum absolute atomic E-state index is 0.0671. The molecule has 1 fully saturated rings. The van der Waals surface area contributed by atoms with E-state index in [9.17, 15) is 14.9 Å². The quantitative estimate of drug-likeness (QED) is 0.0525. The van der Waals surface area contributed by atoms with Gasteiger partial charge in [0.1, 0.15) is 17.6 Å². The maximum atomic E-state index is 12.7. The summed E-state index contributed by atoms with van der Waals surface area (Å²) in [6.45, 7) is 2.74. The SMILES string of the molecule is CCCCCCCCCCCOc1ccc([N+](=O)[O-])cc1C1OC1C(=O)Oc1ccc2ccccc2c1. The van der Waals surface area contributed by atoms with E-state index < -0.39 is 23.1 Å². The second kappa shape index (κ2) is 13.2. The largest absolute Gasteiger partial charge is 0.493 e. The number of benzene rings is 3. The normalized spacial score (nSPS) is 16.5. The van der Waals surface area contributed by atoms with Crippen LogP contribution in [0.2, 0.25) is 0 Å². The predicted octanol–water partition coefficient (Wildman–Crippen LogP) is 7.70. The number of nitro benzene ring substituents is 1. The molecular weight excluding hydrogens is 470 g/mol. The smallest absolute Gasteiger partial charge is 0.343 e. The highest BCUT2D eigenvalue weighted by Crippen LogP contribution is 2.45. The van der Waals surface area contributed by atoms with Crippen molar-refractivity contribution in [3.05, 3.63) is 76.3 Å². The van der Waals surface area contributed by atoms with Crippen molar-refractivity contribution in [2.45, 2.75) is 76.9 Å². The number of hydrogen-bond acceptors (Lipinski definition) is 6. The molecule has 0 bridgehead atoms. The average molecular weight is 506 g/mol. The summed E-state index contributed by atoms with van der Waals surface area (Å²) in [5.74, 6) is 0.409. The molecule has 2 unspecified atom stereocenters. The third kappa shape index (κ3) is 7.52. The lowest BCUT2D eigenvalue weighted by Crippen LogP contribution is -2.15. The molecule has 0 aromatic heterocycles. The molecule has 196 valence electrons. The molecule has 0 spiro atoms. The molecule has 3 aromatic carbocycles. The van der Waals surface area contributed by atoms with E-state index in [-0.39, 0.29) is 5.69 Å². The number of carbonyl (C=O) groups is 1. The van der Waals surface area contributed by atoms with Gasteiger partial charge in [-0.1, -0.05) is 88.6 Å². The van der Waals surface area contributed by atoms with Crippen molar-refractivity contribution in [1.82, 2.24) is 0 Å². The van der Waals surface area contributed by atoms with Gasteiger partial charge in [-0.2, -0.15) is 0 Å². The monoisotopic (exact) mass is 505 g/mol. The maximum absolute atomic E-state index is 12.7. The van der Waals surface area contributed by atoms with Crippen LogP contribution in [0.25, 0.3) is 10.8 Å². The van der Waals surface area contributed by atoms with Crippen molar-refractivity contribution in [1.29, 1.82) is 0 Å². The van der Waals surface area contributed by atoms with Gasteiger partial charge < -0.3 is 14.2 Å². The Kier molecular flexibility index (Phi) is 9.49. The first-order valence-corrected chi connectivity index (χ1v) is 13.3. The van der Waals surface area contributed by atoms with Gasteiger partial charge in [-0.25, -0.2) is 4.79 Å². The standard InChI is InChI=1S/C30H35NO6/c1-2-3-4-5-6-7-8-9-12-19-35-27-18-16-24(31(33)34)21-26(27)28-29(37-28)30(32)36-25-17-15-22-13-10-11-14-23(22)20-25/h10-11,13-18,20-21,28-29H,2-9,12,19H2,1H3. The summed E-state index contributed by atoms with van der Waals surface area (Å²) >= 11 is 0. The van der Waals surface area contributed by atoms with Crippen LogP contribution in [-0.2, 0) is 9.53 Å². The molecule has 0 aliphatic carbocycles. The third-order valence-corrected chi connectivity index (χ3v) is 6.68. The Balaban J connectivity index is 1.30. The first-order valence-electron chi connectivity index (χ1n) is 13.3. The summed E-state index contributed by atoms with van der Waals surface area (Å²) in [5.41, 5.74) is 0.438. The molecule has 0 N–H and O–H groups in total. The summed E-state index contributed by atoms with van der Waals surface area (Å²) in [5, 5.41) is 13.4. The third-order valence-electron chi connectivity index (χ3n) is 6.68. The summed E-state index contributed by atoms with van der Waals surface area (Å²) in [6.07, 6.45) is 9.43. The number of non-ortho nitro benzene ring substituents is 1. The fraction of sp³-hybridized carbons (Fsp3) is 0.433. The average Bonchev–Trinajstić information content (AvgIpc) is 3.71. The van der Waals surface area contributed by atoms with E-state index in [4.69, 9.17) is 14.2 Å². The van der Waals surface area contributed by atoms with Crippen molar-refractivity contribution in [2.75, 3.05) is 6.61 Å². The fourth-order valence-corrected chi connectivity index (χ4v) is 4.53. The van der Waals surface area contributed by atoms with Crippen LogP contribution >= 0.6 is 0 Å². The molecule has 4 rings (SSSR count). The van der Waals surface area contributed by atoms with Gasteiger partial charge in [0, 0.05) is 17.7 Å². The van der Waals surface area contributed by atoms with Gasteiger partial charge in [0.05, 0.1) is 11.5 Å². The number of fused-ring (bicyclic) bond motifs is 1. The number of epoxide rings is 1. The zero-order chi connectivity index (χ0) is 26.0. The first kappa shape index (κ1) is 26.6. The zero-order valence-corrected chi connectivity index (χ0v) is 21.4. The summed E-state index contributed by atoms with van der Waals surface area (Å²) in [6, 6.07) is 17.7. The van der Waals surface area contributed by atoms with Gasteiger partial charge >= 0.3 is 5.97 Å². The highest BCUT2D eigenvalue weighted by atomic mass is 16.6. The number of nitro groups is 1. The lowest BCUT2D eigenvalue weighted by Gasteiger charge is -2.10. The zero-order valence-electron chi connectivity index (χ0n) is 21.4. The van der Waals surface area contributed by atoms with Crippen molar-refractivity contribution in [2.24, 2.45) is 0 Å². The molecule has 1 aliphatic heterocycles. The van der Waals surface area contributed by atoms with Crippen LogP contribution in [0.1, 0.15) is 76.4 Å². The van der Waals surface area contributed by atoms with Gasteiger partial charge in [-0.15, -0.1) is 0 Å². The Morgan fingerprint density at radius 1 is 0.892 bits per heavy atom. The topological polar surface area (TPSA) is 91.2 Å². The van der Waals surface area contributed by atoms with E-state index in [0.717, 1.165) is 23.6 Å². The van der Waals surface area contributed by atoms with Crippen LogP contribution < -0.4 is 9.47 Å². The Morgan fingerprint density at radius 3 is 2.32 bits per heavy atom. The fourth-order valence-electron chi connectivity index (χ4n) is 4.53. The number of unbranched alkanes of at least 4 members (excludes halogenated alkanes) is 8. The minimum atomic E-state index is -0.830. The molecule has 7 heteroatoms. The number of ether oxygens (including phenoxy) is 3. The van der Waals surface area contributed by atoms with Crippen LogP contribution in [0, 0.1) is 10.1 Å². The van der Waals surface area contributed by atoms with Crippen molar-refractivity contribution >= 4 is 22.4 Å². The Hall–Kier alpha value is -3.45. The van der Waals surface area contributed by atoms with E-state index in [0.29, 0.717) is 23.7 Å². The molecular formula is C30H35NO6. The molecule has 0 amide bonds. The number of carbonyl (C=O) groups excluding carboxylic acids is 1. The van der Waals surface area contributed by atoms with Gasteiger partial charge in [-0.3, -0.25) is 10.1 Å². The van der Waals surface area contributed by atoms with Crippen molar-refractivity contribution in [3.63, 3.8) is 0 Å². The molecule has 3 aromatic rings. The van der Waals surface area contributed by atoms with Crippen molar-refractivity contribution in [3.8, 4) is 11.5 Å². The van der Waals surface area contributed by atoms with Crippen LogP contribution in [0.5, 0.6) is 11.5 Å². The van der Waals surface area contributed by atoms with Crippen LogP contribution in [-0.4, -0.2) is 23.6 Å². The molecule has 7 nitrogen and oxygen atoms in total. The number of rotatable bonds is 15. The Morgan fingerprint density at radius 2 is 1.59 bits per heavy atom.